The lowest BCUT2D eigenvalue weighted by atomic mass is 10.2. The van der Waals surface area contributed by atoms with Crippen molar-refractivity contribution in [3.63, 3.8) is 0 Å². The van der Waals surface area contributed by atoms with E-state index in [0.717, 1.165) is 0 Å². The highest BCUT2D eigenvalue weighted by Crippen LogP contribution is 2.12. The summed E-state index contributed by atoms with van der Waals surface area (Å²) in [6.45, 7) is 1.21. The zero-order valence-corrected chi connectivity index (χ0v) is 17.2. The molecule has 2 aromatic carbocycles. The molecule has 0 spiro atoms. The van der Waals surface area contributed by atoms with Crippen LogP contribution in [0.4, 0.5) is 9.59 Å². The number of Topliss-reactive ketones (excluding diaryl/α,β-unsaturated/α-hetero) is 2. The van der Waals surface area contributed by atoms with E-state index in [9.17, 15) is 19.2 Å². The van der Waals surface area contributed by atoms with Gasteiger partial charge in [-0.05, 0) is 36.0 Å². The number of ether oxygens (including phenoxy) is 2. The second-order valence-electron chi connectivity index (χ2n) is 6.05. The second kappa shape index (κ2) is 11.9. The van der Waals surface area contributed by atoms with E-state index in [1.165, 1.54) is 9.32 Å². The van der Waals surface area contributed by atoms with Gasteiger partial charge in [-0.15, -0.1) is 0 Å². The number of amides is 1. The Balaban J connectivity index is 0.000000174. The van der Waals surface area contributed by atoms with Crippen LogP contribution in [-0.2, 0) is 9.59 Å². The first-order chi connectivity index (χ1) is 14.3. The zero-order valence-electron chi connectivity index (χ0n) is 15.7. The van der Waals surface area contributed by atoms with Gasteiger partial charge in [0.25, 0.3) is 0 Å². The number of likely N-dealkylation sites (tertiary alicyclic amines) is 1. The number of rotatable bonds is 2. The van der Waals surface area contributed by atoms with Crippen molar-refractivity contribution in [3.05, 3.63) is 60.7 Å². The average molecular weight is 453 g/mol. The SMILES string of the molecule is O=C(Cl)Oc1ccccc1.O=C1CN(C(=O)Oc2ccccc2)C1.O=C1CN(Cl)C1. The van der Waals surface area contributed by atoms with E-state index in [-0.39, 0.29) is 24.7 Å². The largest absolute Gasteiger partial charge is 0.416 e. The molecule has 2 saturated heterocycles. The highest BCUT2D eigenvalue weighted by molar-refractivity contribution is 6.61. The summed E-state index contributed by atoms with van der Waals surface area (Å²) in [6, 6.07) is 17.4. The van der Waals surface area contributed by atoms with Crippen LogP contribution in [0.5, 0.6) is 11.5 Å². The quantitative estimate of drug-likeness (QED) is 0.508. The maximum absolute atomic E-state index is 11.3. The summed E-state index contributed by atoms with van der Waals surface area (Å²) in [4.78, 5) is 43.4. The van der Waals surface area contributed by atoms with Crippen molar-refractivity contribution < 1.29 is 28.7 Å². The molecule has 10 heteroatoms. The van der Waals surface area contributed by atoms with E-state index >= 15 is 0 Å². The van der Waals surface area contributed by atoms with Crippen molar-refractivity contribution >= 4 is 46.5 Å². The van der Waals surface area contributed by atoms with Crippen LogP contribution in [0.15, 0.2) is 60.7 Å². The van der Waals surface area contributed by atoms with Crippen LogP contribution in [0.3, 0.4) is 0 Å². The molecule has 0 aromatic heterocycles. The van der Waals surface area contributed by atoms with Gasteiger partial charge in [0.05, 0.1) is 26.2 Å². The van der Waals surface area contributed by atoms with Gasteiger partial charge in [0, 0.05) is 11.6 Å². The predicted molar refractivity (Wildman–Crippen MR) is 110 cm³/mol. The minimum absolute atomic E-state index is 0.0648. The lowest BCUT2D eigenvalue weighted by Gasteiger charge is -2.27. The molecule has 0 bridgehead atoms. The maximum atomic E-state index is 11.3. The van der Waals surface area contributed by atoms with Gasteiger partial charge in [-0.25, -0.2) is 14.0 Å². The molecule has 8 nitrogen and oxygen atoms in total. The second-order valence-corrected chi connectivity index (χ2v) is 6.83. The first-order valence-electron chi connectivity index (χ1n) is 8.72. The molecule has 4 rings (SSSR count). The Morgan fingerprint density at radius 2 is 1.17 bits per heavy atom. The normalized spacial score (nSPS) is 14.7. The van der Waals surface area contributed by atoms with Crippen LogP contribution in [0, 0.1) is 0 Å². The van der Waals surface area contributed by atoms with Gasteiger partial charge in [0.15, 0.2) is 11.6 Å². The van der Waals surface area contributed by atoms with Crippen molar-refractivity contribution in [1.82, 2.24) is 9.32 Å². The van der Waals surface area contributed by atoms with Crippen LogP contribution >= 0.6 is 23.4 Å². The highest BCUT2D eigenvalue weighted by atomic mass is 35.5. The molecule has 2 aliphatic heterocycles. The van der Waals surface area contributed by atoms with Gasteiger partial charge in [-0.1, -0.05) is 36.4 Å². The number of nitrogens with zero attached hydrogens (tertiary/aromatic N) is 2. The van der Waals surface area contributed by atoms with Crippen LogP contribution < -0.4 is 9.47 Å². The number of carbonyl (C=O) groups is 4. The van der Waals surface area contributed by atoms with Gasteiger partial charge < -0.3 is 9.47 Å². The van der Waals surface area contributed by atoms with Gasteiger partial charge >= 0.3 is 11.5 Å². The Morgan fingerprint density at radius 3 is 1.50 bits per heavy atom. The topological polar surface area (TPSA) is 93.2 Å². The molecular weight excluding hydrogens is 435 g/mol. The summed E-state index contributed by atoms with van der Waals surface area (Å²) in [5.41, 5.74) is -0.814. The van der Waals surface area contributed by atoms with Crippen molar-refractivity contribution in [2.75, 3.05) is 26.2 Å². The molecule has 0 unspecified atom stereocenters. The number of ketones is 2. The number of carbonyl (C=O) groups excluding carboxylic acids is 4. The fourth-order valence-corrected chi connectivity index (χ4v) is 2.44. The molecular formula is C20H18Cl2N2O6. The van der Waals surface area contributed by atoms with Crippen LogP contribution in [0.1, 0.15) is 0 Å². The molecule has 2 aromatic rings. The molecule has 0 N–H and O–H groups in total. The molecule has 0 saturated carbocycles. The van der Waals surface area contributed by atoms with Crippen molar-refractivity contribution in [1.29, 1.82) is 0 Å². The number of hydrogen-bond donors (Lipinski definition) is 0. The minimum atomic E-state index is -0.814. The van der Waals surface area contributed by atoms with E-state index < -0.39 is 11.5 Å². The van der Waals surface area contributed by atoms with E-state index in [2.05, 4.69) is 4.74 Å². The standard InChI is InChI=1S/C10H9NO3.C7H5ClO2.C3H4ClNO/c12-8-6-11(7-8)10(13)14-9-4-2-1-3-5-9;8-7(9)10-6-4-2-1-3-5-6;4-5-1-3(6)2-5/h1-5H,6-7H2;1-5H;1-2H2. The molecule has 2 aliphatic rings. The molecule has 30 heavy (non-hydrogen) atoms. The van der Waals surface area contributed by atoms with E-state index in [1.807, 2.05) is 12.1 Å². The van der Waals surface area contributed by atoms with Gasteiger partial charge in [0.1, 0.15) is 11.5 Å². The van der Waals surface area contributed by atoms with Gasteiger partial charge in [0.2, 0.25) is 0 Å². The fraction of sp³-hybridized carbons (Fsp3) is 0.200. The third-order valence-electron chi connectivity index (χ3n) is 3.58. The average Bonchev–Trinajstić information content (AvgIpc) is 2.67. The number of benzene rings is 2. The third-order valence-corrected chi connectivity index (χ3v) is 3.89. The Labute approximate surface area is 183 Å². The van der Waals surface area contributed by atoms with Crippen molar-refractivity contribution in [2.24, 2.45) is 0 Å². The van der Waals surface area contributed by atoms with E-state index in [4.69, 9.17) is 28.1 Å². The highest BCUT2D eigenvalue weighted by Gasteiger charge is 2.29. The van der Waals surface area contributed by atoms with Crippen molar-refractivity contribution in [2.45, 2.75) is 0 Å². The summed E-state index contributed by atoms with van der Waals surface area (Å²) >= 11 is 10.2. The molecule has 0 atom stereocenters. The Hall–Kier alpha value is -2.94. The summed E-state index contributed by atoms with van der Waals surface area (Å²) in [7, 11) is 0. The van der Waals surface area contributed by atoms with E-state index in [0.29, 0.717) is 24.6 Å². The number of para-hydroxylation sites is 2. The summed E-state index contributed by atoms with van der Waals surface area (Å²) in [5.74, 6) is 1.25. The lowest BCUT2D eigenvalue weighted by molar-refractivity contribution is -0.127. The first kappa shape index (κ1) is 23.3. The van der Waals surface area contributed by atoms with Gasteiger partial charge in [-0.3, -0.25) is 14.5 Å². The molecule has 2 heterocycles. The van der Waals surface area contributed by atoms with Crippen LogP contribution in [0.2, 0.25) is 0 Å². The summed E-state index contributed by atoms with van der Waals surface area (Å²) in [6.07, 6.45) is -0.462. The Kier molecular flexibility index (Phi) is 9.27. The van der Waals surface area contributed by atoms with Crippen LogP contribution in [-0.4, -0.2) is 58.6 Å². The van der Waals surface area contributed by atoms with E-state index in [1.54, 1.807) is 48.5 Å². The molecule has 1 amide bonds. The smallest absolute Gasteiger partial charge is 0.415 e. The number of halogens is 2. The molecule has 158 valence electrons. The fourth-order valence-electron chi connectivity index (χ4n) is 2.08. The van der Waals surface area contributed by atoms with Gasteiger partial charge in [-0.2, -0.15) is 0 Å². The summed E-state index contributed by atoms with van der Waals surface area (Å²) in [5, 5.41) is 0. The molecule has 0 aliphatic carbocycles. The van der Waals surface area contributed by atoms with Crippen LogP contribution in [0.25, 0.3) is 0 Å². The predicted octanol–water partition coefficient (Wildman–Crippen LogP) is 3.52. The first-order valence-corrected chi connectivity index (χ1v) is 9.43. The molecule has 2 fully saturated rings. The maximum Gasteiger partial charge on any atom is 0.416 e. The zero-order chi connectivity index (χ0) is 21.9. The monoisotopic (exact) mass is 452 g/mol. The minimum Gasteiger partial charge on any atom is -0.415 e. The Morgan fingerprint density at radius 1 is 0.733 bits per heavy atom. The Bertz CT molecular complexity index is 863. The molecule has 0 radical (unpaired) electrons. The number of hydrogen-bond acceptors (Lipinski definition) is 7. The third kappa shape index (κ3) is 8.60. The lowest BCUT2D eigenvalue weighted by Crippen LogP contribution is -2.51. The summed E-state index contributed by atoms with van der Waals surface area (Å²) < 4.78 is 11.0. The van der Waals surface area contributed by atoms with Crippen molar-refractivity contribution in [3.8, 4) is 11.5 Å².